The van der Waals surface area contributed by atoms with Gasteiger partial charge in [0.05, 0.1) is 19.0 Å². The summed E-state index contributed by atoms with van der Waals surface area (Å²) in [6.07, 6.45) is 3.73. The molecular weight excluding hydrogens is 386 g/mol. The first-order chi connectivity index (χ1) is 13.8. The van der Waals surface area contributed by atoms with Gasteiger partial charge < -0.3 is 9.47 Å². The van der Waals surface area contributed by atoms with Gasteiger partial charge in [-0.25, -0.2) is 10.1 Å². The van der Waals surface area contributed by atoms with E-state index in [2.05, 4.69) is 60.2 Å². The molecule has 3 rings (SSSR count). The Kier molecular flexibility index (Phi) is 6.28. The summed E-state index contributed by atoms with van der Waals surface area (Å²) in [4.78, 5) is 4.57. The van der Waals surface area contributed by atoms with Crippen molar-refractivity contribution in [1.29, 1.82) is 0 Å². The van der Waals surface area contributed by atoms with Crippen molar-refractivity contribution in [2.24, 2.45) is 0 Å². The van der Waals surface area contributed by atoms with Gasteiger partial charge in [0.1, 0.15) is 11.6 Å². The number of pyridine rings is 1. The number of halogens is 1. The number of methoxy groups -OCH3 is 1. The zero-order valence-corrected chi connectivity index (χ0v) is 18.2. The highest BCUT2D eigenvalue weighted by molar-refractivity contribution is 6.31. The van der Waals surface area contributed by atoms with E-state index in [1.807, 2.05) is 19.1 Å². The van der Waals surface area contributed by atoms with Gasteiger partial charge in [0.15, 0.2) is 0 Å². The molecule has 0 fully saturated rings. The summed E-state index contributed by atoms with van der Waals surface area (Å²) < 4.78 is 11.1. The fourth-order valence-corrected chi connectivity index (χ4v) is 3.11. The summed E-state index contributed by atoms with van der Waals surface area (Å²) in [7, 11) is 1.56. The maximum atomic E-state index is 6.16. The molecule has 2 aromatic heterocycles. The number of aryl methyl sites for hydroxylation is 1. The van der Waals surface area contributed by atoms with Crippen LogP contribution in [-0.2, 0) is 5.41 Å². The van der Waals surface area contributed by atoms with Crippen LogP contribution < -0.4 is 9.47 Å². The zero-order valence-electron chi connectivity index (χ0n) is 17.4. The van der Waals surface area contributed by atoms with Gasteiger partial charge in [-0.2, -0.15) is 5.10 Å². The van der Waals surface area contributed by atoms with Crippen LogP contribution in [0.1, 0.15) is 43.2 Å². The van der Waals surface area contributed by atoms with Gasteiger partial charge >= 0.3 is 0 Å². The van der Waals surface area contributed by atoms with Gasteiger partial charge in [-0.3, -0.25) is 0 Å². The number of hydrogen-bond acceptors (Lipinski definition) is 4. The van der Waals surface area contributed by atoms with Gasteiger partial charge in [-0.05, 0) is 41.7 Å². The van der Waals surface area contributed by atoms with Crippen LogP contribution in [-0.4, -0.2) is 28.9 Å². The maximum absolute atomic E-state index is 6.16. The second kappa shape index (κ2) is 8.70. The van der Waals surface area contributed by atoms with Crippen molar-refractivity contribution in [2.45, 2.75) is 33.1 Å². The van der Waals surface area contributed by atoms with Gasteiger partial charge in [0, 0.05) is 11.1 Å². The van der Waals surface area contributed by atoms with Crippen molar-refractivity contribution >= 4 is 17.2 Å². The van der Waals surface area contributed by atoms with E-state index in [4.69, 9.17) is 21.1 Å². The van der Waals surface area contributed by atoms with E-state index in [1.165, 1.54) is 5.56 Å². The molecular formula is C23H26ClN3O2. The molecule has 0 saturated carbocycles. The lowest BCUT2D eigenvalue weighted by Gasteiger charge is -2.19. The number of rotatable bonds is 6. The molecule has 0 bridgehead atoms. The molecule has 2 heterocycles. The largest absolute Gasteiger partial charge is 0.480 e. The minimum absolute atomic E-state index is 0.0887. The van der Waals surface area contributed by atoms with Crippen LogP contribution in [0.25, 0.3) is 5.57 Å². The molecule has 0 aliphatic rings. The molecule has 3 aromatic rings. The summed E-state index contributed by atoms with van der Waals surface area (Å²) >= 11 is 6.16. The Labute approximate surface area is 176 Å². The van der Waals surface area contributed by atoms with Crippen LogP contribution in [0.15, 0.2) is 48.7 Å². The molecule has 0 radical (unpaired) electrons. The van der Waals surface area contributed by atoms with Crippen LogP contribution in [0, 0.1) is 6.92 Å². The first kappa shape index (κ1) is 20.9. The Morgan fingerprint density at radius 2 is 1.86 bits per heavy atom. The number of ether oxygens (including phenoxy) is 2. The highest BCUT2D eigenvalue weighted by atomic mass is 35.5. The quantitative estimate of drug-likeness (QED) is 0.574. The summed E-state index contributed by atoms with van der Waals surface area (Å²) in [5.74, 6) is 1.05. The molecule has 0 saturated heterocycles. The van der Waals surface area contributed by atoms with Gasteiger partial charge in [0.2, 0.25) is 11.8 Å². The molecule has 152 valence electrons. The Balaban J connectivity index is 1.97. The second-order valence-corrected chi connectivity index (χ2v) is 8.23. The average Bonchev–Trinajstić information content (AvgIpc) is 3.10. The van der Waals surface area contributed by atoms with Crippen LogP contribution in [0.5, 0.6) is 11.8 Å². The van der Waals surface area contributed by atoms with E-state index >= 15 is 0 Å². The number of aromatic nitrogens is 3. The monoisotopic (exact) mass is 411 g/mol. The van der Waals surface area contributed by atoms with Crippen molar-refractivity contribution < 1.29 is 9.47 Å². The Bertz CT molecular complexity index is 1000. The van der Waals surface area contributed by atoms with Crippen LogP contribution in [0.2, 0.25) is 5.02 Å². The first-order valence-corrected chi connectivity index (χ1v) is 9.82. The third kappa shape index (κ3) is 4.98. The number of hydrogen-bond donors (Lipinski definition) is 1. The average molecular weight is 412 g/mol. The number of nitrogens with zero attached hydrogens (tertiary/aromatic N) is 2. The van der Waals surface area contributed by atoms with E-state index in [-0.39, 0.29) is 5.41 Å². The molecule has 0 aliphatic carbocycles. The summed E-state index contributed by atoms with van der Waals surface area (Å²) in [6.45, 7) is 8.91. The molecule has 0 atom stereocenters. The van der Waals surface area contributed by atoms with Crippen LogP contribution in [0.3, 0.4) is 0 Å². The third-order valence-electron chi connectivity index (χ3n) is 4.64. The first-order valence-electron chi connectivity index (χ1n) is 9.44. The maximum Gasteiger partial charge on any atom is 0.232 e. The number of benzene rings is 1. The van der Waals surface area contributed by atoms with E-state index in [9.17, 15) is 0 Å². The van der Waals surface area contributed by atoms with Crippen molar-refractivity contribution in [3.05, 3.63) is 76.1 Å². The lowest BCUT2D eigenvalue weighted by molar-refractivity contribution is 0.346. The van der Waals surface area contributed by atoms with Crippen molar-refractivity contribution in [3.63, 3.8) is 0 Å². The van der Waals surface area contributed by atoms with Gasteiger partial charge in [-0.1, -0.05) is 56.6 Å². The number of nitrogens with one attached hydrogen (secondary N) is 1. The fourth-order valence-electron chi connectivity index (χ4n) is 2.93. The van der Waals surface area contributed by atoms with Crippen LogP contribution >= 0.6 is 11.6 Å². The normalized spacial score (nSPS) is 12.1. The second-order valence-electron chi connectivity index (χ2n) is 7.83. The minimum atomic E-state index is 0.0887. The molecule has 0 spiro atoms. The van der Waals surface area contributed by atoms with E-state index in [1.54, 1.807) is 19.4 Å². The fraction of sp³-hybridized carbons (Fsp3) is 0.304. The minimum Gasteiger partial charge on any atom is -0.480 e. The lowest BCUT2D eigenvalue weighted by atomic mass is 9.86. The summed E-state index contributed by atoms with van der Waals surface area (Å²) in [5, 5.41) is 7.32. The van der Waals surface area contributed by atoms with E-state index in [0.29, 0.717) is 23.4 Å². The molecule has 1 N–H and O–H groups in total. The molecule has 0 aliphatic heterocycles. The zero-order chi connectivity index (χ0) is 21.0. The number of H-pyrrole nitrogens is 1. The molecule has 1 aromatic carbocycles. The van der Waals surface area contributed by atoms with Crippen molar-refractivity contribution in [1.82, 2.24) is 15.2 Å². The lowest BCUT2D eigenvalue weighted by Crippen LogP contribution is -2.10. The predicted octanol–water partition coefficient (Wildman–Crippen LogP) is 5.58. The Morgan fingerprint density at radius 3 is 2.45 bits per heavy atom. The van der Waals surface area contributed by atoms with E-state index in [0.717, 1.165) is 22.4 Å². The SMILES string of the molecule is COc1nc(C(=CCOc2[nH]ncc2C)c2ccc(C(C)(C)C)cc2)ccc1Cl. The van der Waals surface area contributed by atoms with Gasteiger partial charge in [-0.15, -0.1) is 0 Å². The third-order valence-corrected chi connectivity index (χ3v) is 4.93. The van der Waals surface area contributed by atoms with Crippen molar-refractivity contribution in [2.75, 3.05) is 13.7 Å². The highest BCUT2D eigenvalue weighted by Gasteiger charge is 2.15. The summed E-state index contributed by atoms with van der Waals surface area (Å²) in [5.41, 5.74) is 5.07. The van der Waals surface area contributed by atoms with Crippen molar-refractivity contribution in [3.8, 4) is 11.8 Å². The van der Waals surface area contributed by atoms with E-state index < -0.39 is 0 Å². The highest BCUT2D eigenvalue weighted by Crippen LogP contribution is 2.30. The van der Waals surface area contributed by atoms with Gasteiger partial charge in [0.25, 0.3) is 0 Å². The summed E-state index contributed by atoms with van der Waals surface area (Å²) in [6, 6.07) is 12.2. The molecule has 5 nitrogen and oxygen atoms in total. The molecule has 6 heteroatoms. The predicted molar refractivity (Wildman–Crippen MR) is 117 cm³/mol. The molecule has 0 unspecified atom stereocenters. The van der Waals surface area contributed by atoms with Crippen LogP contribution in [0.4, 0.5) is 0 Å². The molecule has 29 heavy (non-hydrogen) atoms. The molecule has 0 amide bonds. The topological polar surface area (TPSA) is 60.0 Å². The Morgan fingerprint density at radius 1 is 1.14 bits per heavy atom. The number of aromatic amines is 1. The standard InChI is InChI=1S/C23H26ClN3O2/c1-15-14-25-27-21(15)29-13-12-18(20-11-10-19(24)22(26-20)28-5)16-6-8-17(9-7-16)23(2,3)4/h6-12,14H,13H2,1-5H3,(H,25,27). The Hall–Kier alpha value is -2.79. The smallest absolute Gasteiger partial charge is 0.232 e.